The number of benzene rings is 2. The van der Waals surface area contributed by atoms with Crippen molar-refractivity contribution in [2.24, 2.45) is 0 Å². The van der Waals surface area contributed by atoms with E-state index in [9.17, 15) is 0 Å². The summed E-state index contributed by atoms with van der Waals surface area (Å²) in [6.07, 6.45) is 0. The first kappa shape index (κ1) is 10.8. The summed E-state index contributed by atoms with van der Waals surface area (Å²) in [7, 11) is 0. The van der Waals surface area contributed by atoms with Gasteiger partial charge in [0.2, 0.25) is 0 Å². The third-order valence-corrected chi connectivity index (χ3v) is 3.39. The number of fused-ring (bicyclic) bond motifs is 1. The Hall–Kier alpha value is -0.720. The molecule has 15 heavy (non-hydrogen) atoms. The fraction of sp³-hybridized carbons (Fsp3) is 0.231. The fourth-order valence-corrected chi connectivity index (χ4v) is 2.26. The van der Waals surface area contributed by atoms with Gasteiger partial charge in [-0.15, -0.1) is 0 Å². The van der Waals surface area contributed by atoms with Gasteiger partial charge in [-0.3, -0.25) is 0 Å². The summed E-state index contributed by atoms with van der Waals surface area (Å²) in [5.41, 5.74) is 1.25. The number of hydrogen-bond acceptors (Lipinski definition) is 0. The van der Waals surface area contributed by atoms with Crippen LogP contribution in [0.4, 0.5) is 0 Å². The second-order valence-electron chi connectivity index (χ2n) is 3.96. The fourth-order valence-electron chi connectivity index (χ4n) is 1.82. The normalized spacial score (nSPS) is 11.3. The predicted octanol–water partition coefficient (Wildman–Crippen LogP) is 5.27. The van der Waals surface area contributed by atoms with Crippen LogP contribution in [0.1, 0.15) is 25.3 Å². The molecule has 0 radical (unpaired) electrons. The van der Waals surface area contributed by atoms with Crippen LogP contribution < -0.4 is 0 Å². The lowest BCUT2D eigenvalue weighted by atomic mass is 9.96. The molecule has 0 heterocycles. The van der Waals surface area contributed by atoms with Gasteiger partial charge in [0.25, 0.3) is 0 Å². The van der Waals surface area contributed by atoms with Gasteiger partial charge in [0.1, 0.15) is 0 Å². The highest BCUT2D eigenvalue weighted by molar-refractivity contribution is 6.45. The zero-order valence-electron chi connectivity index (χ0n) is 8.72. The summed E-state index contributed by atoms with van der Waals surface area (Å²) in [4.78, 5) is 0. The molecular formula is C13H12Cl2. The first-order valence-electron chi connectivity index (χ1n) is 4.98. The molecule has 0 saturated carbocycles. The number of hydrogen-bond donors (Lipinski definition) is 0. The Kier molecular flexibility index (Phi) is 2.90. The quantitative estimate of drug-likeness (QED) is 0.635. The molecule has 0 aliphatic rings. The molecular weight excluding hydrogens is 227 g/mol. The molecule has 0 aliphatic heterocycles. The Labute approximate surface area is 99.8 Å². The Bertz CT molecular complexity index is 501. The molecule has 0 spiro atoms. The summed E-state index contributed by atoms with van der Waals surface area (Å²) in [6, 6.07) is 10.1. The molecule has 0 amide bonds. The smallest absolute Gasteiger partial charge is 0.0673 e. The minimum Gasteiger partial charge on any atom is -0.0827 e. The van der Waals surface area contributed by atoms with Crippen molar-refractivity contribution in [3.05, 3.63) is 45.9 Å². The van der Waals surface area contributed by atoms with Crippen molar-refractivity contribution in [2.75, 3.05) is 0 Å². The molecule has 0 N–H and O–H groups in total. The van der Waals surface area contributed by atoms with Gasteiger partial charge in [-0.2, -0.15) is 0 Å². The molecule has 0 aliphatic carbocycles. The Morgan fingerprint density at radius 3 is 2.40 bits per heavy atom. The molecule has 0 unspecified atom stereocenters. The highest BCUT2D eigenvalue weighted by atomic mass is 35.5. The molecule has 0 nitrogen and oxygen atoms in total. The summed E-state index contributed by atoms with van der Waals surface area (Å²) in [6.45, 7) is 4.32. The van der Waals surface area contributed by atoms with Crippen molar-refractivity contribution >= 4 is 34.0 Å². The lowest BCUT2D eigenvalue weighted by Gasteiger charge is -2.11. The zero-order chi connectivity index (χ0) is 11.0. The van der Waals surface area contributed by atoms with E-state index in [2.05, 4.69) is 32.0 Å². The number of halogens is 2. The summed E-state index contributed by atoms with van der Waals surface area (Å²) < 4.78 is 0. The van der Waals surface area contributed by atoms with Crippen LogP contribution in [0.3, 0.4) is 0 Å². The maximum absolute atomic E-state index is 6.24. The standard InChI is InChI=1S/C13H12Cl2/c1-8(2)10-5-3-4-9-6-7-11(14)13(15)12(9)10/h3-8H,1-2H3. The van der Waals surface area contributed by atoms with E-state index >= 15 is 0 Å². The first-order chi connectivity index (χ1) is 7.11. The molecule has 0 atom stereocenters. The third kappa shape index (κ3) is 1.84. The lowest BCUT2D eigenvalue weighted by Crippen LogP contribution is -1.90. The Balaban J connectivity index is 2.88. The molecule has 78 valence electrons. The maximum Gasteiger partial charge on any atom is 0.0673 e. The van der Waals surface area contributed by atoms with Gasteiger partial charge in [0, 0.05) is 5.39 Å². The van der Waals surface area contributed by atoms with Gasteiger partial charge < -0.3 is 0 Å². The summed E-state index contributed by atoms with van der Waals surface area (Å²) >= 11 is 12.3. The molecule has 2 rings (SSSR count). The molecule has 0 bridgehead atoms. The van der Waals surface area contributed by atoms with Crippen LogP contribution in [0, 0.1) is 0 Å². The first-order valence-corrected chi connectivity index (χ1v) is 5.73. The van der Waals surface area contributed by atoms with Crippen LogP contribution in [0.25, 0.3) is 10.8 Å². The number of rotatable bonds is 1. The second-order valence-corrected chi connectivity index (χ2v) is 4.75. The van der Waals surface area contributed by atoms with Gasteiger partial charge >= 0.3 is 0 Å². The van der Waals surface area contributed by atoms with Crippen LogP contribution in [0.15, 0.2) is 30.3 Å². The van der Waals surface area contributed by atoms with E-state index in [-0.39, 0.29) is 0 Å². The molecule has 2 aromatic carbocycles. The SMILES string of the molecule is CC(C)c1cccc2ccc(Cl)c(Cl)c12. The zero-order valence-corrected chi connectivity index (χ0v) is 10.2. The highest BCUT2D eigenvalue weighted by Crippen LogP contribution is 2.35. The van der Waals surface area contributed by atoms with E-state index in [1.807, 2.05) is 12.1 Å². The van der Waals surface area contributed by atoms with Crippen molar-refractivity contribution in [1.29, 1.82) is 0 Å². The highest BCUT2D eigenvalue weighted by Gasteiger charge is 2.10. The van der Waals surface area contributed by atoms with Crippen LogP contribution in [-0.4, -0.2) is 0 Å². The third-order valence-electron chi connectivity index (χ3n) is 2.59. The summed E-state index contributed by atoms with van der Waals surface area (Å²) in [5, 5.41) is 3.52. The molecule has 0 fully saturated rings. The van der Waals surface area contributed by atoms with Gasteiger partial charge in [0.05, 0.1) is 10.0 Å². The second kappa shape index (κ2) is 4.03. The Morgan fingerprint density at radius 1 is 1.00 bits per heavy atom. The Morgan fingerprint density at radius 2 is 1.73 bits per heavy atom. The van der Waals surface area contributed by atoms with E-state index in [1.54, 1.807) is 0 Å². The maximum atomic E-state index is 6.24. The van der Waals surface area contributed by atoms with Gasteiger partial charge in [-0.05, 0) is 22.9 Å². The molecule has 0 aromatic heterocycles. The topological polar surface area (TPSA) is 0 Å². The average molecular weight is 239 g/mol. The van der Waals surface area contributed by atoms with E-state index in [4.69, 9.17) is 23.2 Å². The summed E-state index contributed by atoms with van der Waals surface area (Å²) in [5.74, 6) is 0.449. The van der Waals surface area contributed by atoms with Crippen molar-refractivity contribution in [1.82, 2.24) is 0 Å². The van der Waals surface area contributed by atoms with E-state index in [1.165, 1.54) is 5.56 Å². The monoisotopic (exact) mass is 238 g/mol. The van der Waals surface area contributed by atoms with Crippen LogP contribution in [0.2, 0.25) is 10.0 Å². The largest absolute Gasteiger partial charge is 0.0827 e. The van der Waals surface area contributed by atoms with Gasteiger partial charge in [0.15, 0.2) is 0 Å². The van der Waals surface area contributed by atoms with Crippen molar-refractivity contribution in [3.63, 3.8) is 0 Å². The predicted molar refractivity (Wildman–Crippen MR) is 68.1 cm³/mol. The average Bonchev–Trinajstić information content (AvgIpc) is 2.23. The molecule has 0 saturated heterocycles. The van der Waals surface area contributed by atoms with Crippen LogP contribution in [-0.2, 0) is 0 Å². The van der Waals surface area contributed by atoms with Crippen LogP contribution in [0.5, 0.6) is 0 Å². The lowest BCUT2D eigenvalue weighted by molar-refractivity contribution is 0.876. The van der Waals surface area contributed by atoms with E-state index in [0.29, 0.717) is 16.0 Å². The van der Waals surface area contributed by atoms with Crippen molar-refractivity contribution in [2.45, 2.75) is 19.8 Å². The van der Waals surface area contributed by atoms with E-state index < -0.39 is 0 Å². The van der Waals surface area contributed by atoms with Gasteiger partial charge in [-0.1, -0.05) is 61.3 Å². The molecule has 2 heteroatoms. The molecule has 2 aromatic rings. The van der Waals surface area contributed by atoms with Crippen molar-refractivity contribution in [3.8, 4) is 0 Å². The minimum atomic E-state index is 0.449. The van der Waals surface area contributed by atoms with Crippen molar-refractivity contribution < 1.29 is 0 Å². The van der Waals surface area contributed by atoms with E-state index in [0.717, 1.165) is 10.8 Å². The van der Waals surface area contributed by atoms with Gasteiger partial charge in [-0.25, -0.2) is 0 Å². The minimum absolute atomic E-state index is 0.449. The van der Waals surface area contributed by atoms with Crippen LogP contribution >= 0.6 is 23.2 Å².